The van der Waals surface area contributed by atoms with Gasteiger partial charge in [-0.25, -0.2) is 4.98 Å². The second kappa shape index (κ2) is 8.26. The predicted molar refractivity (Wildman–Crippen MR) is 119 cm³/mol. The summed E-state index contributed by atoms with van der Waals surface area (Å²) >= 11 is 0. The summed E-state index contributed by atoms with van der Waals surface area (Å²) in [5.74, 6) is 0.276. The average Bonchev–Trinajstić information content (AvgIpc) is 3.09. The molecule has 0 spiro atoms. The highest BCUT2D eigenvalue weighted by Gasteiger charge is 2.35. The van der Waals surface area contributed by atoms with Crippen LogP contribution in [0.4, 0.5) is 5.82 Å². The zero-order valence-corrected chi connectivity index (χ0v) is 17.5. The molecule has 160 valence electrons. The van der Waals surface area contributed by atoms with E-state index < -0.39 is 0 Å². The maximum Gasteiger partial charge on any atom is 0.261 e. The van der Waals surface area contributed by atoms with Gasteiger partial charge >= 0.3 is 0 Å². The molecule has 0 radical (unpaired) electrons. The van der Waals surface area contributed by atoms with Gasteiger partial charge in [0.15, 0.2) is 0 Å². The van der Waals surface area contributed by atoms with Gasteiger partial charge in [0.1, 0.15) is 5.82 Å². The number of rotatable bonds is 4. The number of imide groups is 1. The molecular weight excluding hydrogens is 404 g/mol. The predicted octanol–water partition coefficient (Wildman–Crippen LogP) is 2.84. The van der Waals surface area contributed by atoms with Gasteiger partial charge in [-0.3, -0.25) is 19.3 Å². The third-order valence-corrected chi connectivity index (χ3v) is 5.93. The number of hydrogen-bond acceptors (Lipinski definition) is 5. The fourth-order valence-corrected chi connectivity index (χ4v) is 4.23. The van der Waals surface area contributed by atoms with Gasteiger partial charge < -0.3 is 9.80 Å². The highest BCUT2D eigenvalue weighted by atomic mass is 16.2. The first-order valence-electron chi connectivity index (χ1n) is 10.6. The van der Waals surface area contributed by atoms with Crippen LogP contribution in [0.25, 0.3) is 0 Å². The topological polar surface area (TPSA) is 73.8 Å². The fraction of sp³-hybridized carbons (Fsp3) is 0.200. The highest BCUT2D eigenvalue weighted by molar-refractivity contribution is 6.21. The molecule has 3 heterocycles. The van der Waals surface area contributed by atoms with Crippen LogP contribution in [-0.2, 0) is 6.54 Å². The number of hydrogen-bond donors (Lipinski definition) is 0. The molecule has 7 nitrogen and oxygen atoms in total. The number of carbonyl (C=O) groups is 3. The Hall–Kier alpha value is -4.00. The van der Waals surface area contributed by atoms with Crippen molar-refractivity contribution in [1.82, 2.24) is 14.8 Å². The van der Waals surface area contributed by atoms with Crippen LogP contribution in [0.2, 0.25) is 0 Å². The standard InChI is InChI=1S/C25H22N4O3/c30-23(28-14-12-27(13-15-28)22-10-3-4-11-26-22)19-7-5-6-18(16-19)17-29-24(31)20-8-1-2-9-21(20)25(29)32/h1-11,16H,12-15,17H2. The van der Waals surface area contributed by atoms with E-state index in [1.54, 1.807) is 48.7 Å². The van der Waals surface area contributed by atoms with Crippen molar-refractivity contribution in [3.05, 3.63) is 95.2 Å². The minimum absolute atomic E-state index is 0.0464. The van der Waals surface area contributed by atoms with E-state index in [4.69, 9.17) is 0 Å². The van der Waals surface area contributed by atoms with E-state index in [0.717, 1.165) is 24.5 Å². The second-order valence-electron chi connectivity index (χ2n) is 7.91. The summed E-state index contributed by atoms with van der Waals surface area (Å²) in [7, 11) is 0. The molecule has 0 aliphatic carbocycles. The van der Waals surface area contributed by atoms with E-state index in [0.29, 0.717) is 29.8 Å². The van der Waals surface area contributed by atoms with Gasteiger partial charge in [-0.1, -0.05) is 30.3 Å². The summed E-state index contributed by atoms with van der Waals surface area (Å²) in [4.78, 5) is 48.0. The van der Waals surface area contributed by atoms with Gasteiger partial charge in [0, 0.05) is 37.9 Å². The molecule has 3 amide bonds. The third kappa shape index (κ3) is 3.62. The molecule has 1 saturated heterocycles. The molecule has 7 heteroatoms. The molecule has 32 heavy (non-hydrogen) atoms. The average molecular weight is 426 g/mol. The van der Waals surface area contributed by atoms with E-state index in [2.05, 4.69) is 9.88 Å². The van der Waals surface area contributed by atoms with Crippen LogP contribution >= 0.6 is 0 Å². The Kier molecular flexibility index (Phi) is 5.15. The van der Waals surface area contributed by atoms with E-state index in [9.17, 15) is 14.4 Å². The zero-order valence-electron chi connectivity index (χ0n) is 17.5. The van der Waals surface area contributed by atoms with Crippen LogP contribution < -0.4 is 4.90 Å². The smallest absolute Gasteiger partial charge is 0.261 e. The summed E-state index contributed by atoms with van der Waals surface area (Å²) in [5.41, 5.74) is 2.16. The van der Waals surface area contributed by atoms with E-state index in [-0.39, 0.29) is 24.3 Å². The zero-order chi connectivity index (χ0) is 22.1. The molecule has 0 atom stereocenters. The van der Waals surface area contributed by atoms with Crippen LogP contribution in [0.15, 0.2) is 72.9 Å². The van der Waals surface area contributed by atoms with Crippen LogP contribution in [-0.4, -0.2) is 58.7 Å². The van der Waals surface area contributed by atoms with Crippen molar-refractivity contribution in [2.45, 2.75) is 6.54 Å². The summed E-state index contributed by atoms with van der Waals surface area (Å²) in [5, 5.41) is 0. The number of aromatic nitrogens is 1. The first-order chi connectivity index (χ1) is 15.6. The Balaban J connectivity index is 1.26. The number of amides is 3. The number of pyridine rings is 1. The van der Waals surface area contributed by atoms with Crippen molar-refractivity contribution in [3.8, 4) is 0 Å². The normalized spacial score (nSPS) is 15.8. The van der Waals surface area contributed by atoms with Crippen LogP contribution in [0, 0.1) is 0 Å². The lowest BCUT2D eigenvalue weighted by Crippen LogP contribution is -2.49. The number of anilines is 1. The largest absolute Gasteiger partial charge is 0.353 e. The Morgan fingerprint density at radius 2 is 1.50 bits per heavy atom. The van der Waals surface area contributed by atoms with Gasteiger partial charge in [0.05, 0.1) is 17.7 Å². The summed E-state index contributed by atoms with van der Waals surface area (Å²) in [6.45, 7) is 2.80. The van der Waals surface area contributed by atoms with Gasteiger partial charge in [-0.2, -0.15) is 0 Å². The number of nitrogens with zero attached hydrogens (tertiary/aromatic N) is 4. The van der Waals surface area contributed by atoms with Gasteiger partial charge in [-0.15, -0.1) is 0 Å². The molecule has 3 aromatic rings. The summed E-state index contributed by atoms with van der Waals surface area (Å²) in [6, 6.07) is 19.8. The van der Waals surface area contributed by atoms with Crippen LogP contribution in [0.1, 0.15) is 36.6 Å². The fourth-order valence-electron chi connectivity index (χ4n) is 4.23. The van der Waals surface area contributed by atoms with Crippen molar-refractivity contribution in [1.29, 1.82) is 0 Å². The maximum atomic E-state index is 13.1. The third-order valence-electron chi connectivity index (χ3n) is 5.93. The molecule has 5 rings (SSSR count). The Bertz CT molecular complexity index is 1150. The minimum Gasteiger partial charge on any atom is -0.353 e. The van der Waals surface area contributed by atoms with E-state index in [1.807, 2.05) is 29.2 Å². The summed E-state index contributed by atoms with van der Waals surface area (Å²) < 4.78 is 0. The minimum atomic E-state index is -0.298. The molecule has 1 fully saturated rings. The SMILES string of the molecule is O=C(c1cccc(CN2C(=O)c3ccccc3C2=O)c1)N1CCN(c2ccccn2)CC1. The molecule has 0 bridgehead atoms. The quantitative estimate of drug-likeness (QED) is 0.600. The monoisotopic (exact) mass is 426 g/mol. The van der Waals surface area contributed by atoms with Crippen LogP contribution in [0.3, 0.4) is 0 Å². The lowest BCUT2D eigenvalue weighted by molar-refractivity contribution is 0.0642. The number of carbonyl (C=O) groups excluding carboxylic acids is 3. The van der Waals surface area contributed by atoms with Gasteiger partial charge in [-0.05, 0) is 42.0 Å². The summed E-state index contributed by atoms with van der Waals surface area (Å²) in [6.07, 6.45) is 1.77. The highest BCUT2D eigenvalue weighted by Crippen LogP contribution is 2.24. The molecule has 0 unspecified atom stereocenters. The lowest BCUT2D eigenvalue weighted by atomic mass is 10.1. The number of benzene rings is 2. The molecular formula is C25H22N4O3. The Labute approximate surface area is 185 Å². The van der Waals surface area contributed by atoms with Crippen molar-refractivity contribution in [2.75, 3.05) is 31.1 Å². The van der Waals surface area contributed by atoms with E-state index >= 15 is 0 Å². The van der Waals surface area contributed by atoms with E-state index in [1.165, 1.54) is 4.90 Å². The lowest BCUT2D eigenvalue weighted by Gasteiger charge is -2.35. The molecule has 2 aromatic carbocycles. The van der Waals surface area contributed by atoms with Crippen molar-refractivity contribution in [2.24, 2.45) is 0 Å². The molecule has 0 saturated carbocycles. The molecule has 0 N–H and O–H groups in total. The van der Waals surface area contributed by atoms with Crippen molar-refractivity contribution in [3.63, 3.8) is 0 Å². The van der Waals surface area contributed by atoms with Gasteiger partial charge in [0.2, 0.25) is 0 Å². The first-order valence-corrected chi connectivity index (χ1v) is 10.6. The number of piperazine rings is 1. The van der Waals surface area contributed by atoms with Crippen molar-refractivity contribution >= 4 is 23.5 Å². The maximum absolute atomic E-state index is 13.1. The Morgan fingerprint density at radius 3 is 2.16 bits per heavy atom. The van der Waals surface area contributed by atoms with Crippen molar-refractivity contribution < 1.29 is 14.4 Å². The first kappa shape index (κ1) is 19.9. The second-order valence-corrected chi connectivity index (χ2v) is 7.91. The Morgan fingerprint density at radius 1 is 0.812 bits per heavy atom. The number of fused-ring (bicyclic) bond motifs is 1. The van der Waals surface area contributed by atoms with Gasteiger partial charge in [0.25, 0.3) is 17.7 Å². The molecule has 2 aliphatic rings. The molecule has 1 aromatic heterocycles. The molecule has 2 aliphatic heterocycles. The van der Waals surface area contributed by atoms with Crippen LogP contribution in [0.5, 0.6) is 0 Å².